The second-order valence-electron chi connectivity index (χ2n) is 6.79. The minimum Gasteiger partial charge on any atom is -0.466 e. The Labute approximate surface area is 140 Å². The molecule has 2 rings (SSSR count). The highest BCUT2D eigenvalue weighted by Crippen LogP contribution is 2.56. The lowest BCUT2D eigenvalue weighted by molar-refractivity contribution is -0.384. The molecule has 7 nitrogen and oxygen atoms in total. The van der Waals surface area contributed by atoms with Crippen LogP contribution in [0.15, 0.2) is 24.3 Å². The first-order chi connectivity index (χ1) is 11.1. The van der Waals surface area contributed by atoms with Gasteiger partial charge in [-0.15, -0.1) is 0 Å². The first-order valence-corrected chi connectivity index (χ1v) is 7.77. The predicted octanol–water partition coefficient (Wildman–Crippen LogP) is 2.76. The highest BCUT2D eigenvalue weighted by atomic mass is 16.6. The molecule has 1 aromatic rings. The lowest BCUT2D eigenvalue weighted by Crippen LogP contribution is -2.34. The third kappa shape index (κ3) is 3.39. The lowest BCUT2D eigenvalue weighted by Gasteiger charge is -2.24. The van der Waals surface area contributed by atoms with Crippen LogP contribution in [0.1, 0.15) is 39.7 Å². The molecule has 1 aromatic carbocycles. The number of carbonyl (C=O) groups excluding carboxylic acids is 2. The van der Waals surface area contributed by atoms with Gasteiger partial charge in [0.15, 0.2) is 0 Å². The smallest absolute Gasteiger partial charge is 0.317 e. The van der Waals surface area contributed by atoms with E-state index in [0.717, 1.165) is 0 Å². The van der Waals surface area contributed by atoms with E-state index in [1.165, 1.54) is 24.3 Å². The monoisotopic (exact) mass is 335 g/mol. The zero-order valence-corrected chi connectivity index (χ0v) is 14.2. The molecule has 0 saturated heterocycles. The van der Waals surface area contributed by atoms with E-state index < -0.39 is 33.8 Å². The highest BCUT2D eigenvalue weighted by molar-refractivity contribution is 5.96. The van der Waals surface area contributed by atoms with Crippen LogP contribution in [0.4, 0.5) is 5.69 Å². The molecule has 0 spiro atoms. The van der Waals surface area contributed by atoms with Crippen LogP contribution in [0.2, 0.25) is 0 Å². The molecule has 0 N–H and O–H groups in total. The van der Waals surface area contributed by atoms with Gasteiger partial charge in [0.1, 0.15) is 11.0 Å². The first kappa shape index (κ1) is 17.9. The number of nitrogens with zero attached hydrogens (tertiary/aromatic N) is 1. The average Bonchev–Trinajstić information content (AvgIpc) is 3.23. The average molecular weight is 335 g/mol. The van der Waals surface area contributed by atoms with Crippen molar-refractivity contribution in [1.82, 2.24) is 0 Å². The fraction of sp³-hybridized carbons (Fsp3) is 0.529. The Bertz CT molecular complexity index is 661. The minimum atomic E-state index is -1.13. The Morgan fingerprint density at radius 3 is 2.33 bits per heavy atom. The van der Waals surface area contributed by atoms with Gasteiger partial charge in [-0.25, -0.2) is 0 Å². The van der Waals surface area contributed by atoms with Crippen LogP contribution in [0, 0.1) is 16.0 Å². The van der Waals surface area contributed by atoms with Crippen LogP contribution in [0.3, 0.4) is 0 Å². The molecule has 0 heterocycles. The summed E-state index contributed by atoms with van der Waals surface area (Å²) in [6.07, 6.45) is 0.276. The van der Waals surface area contributed by atoms with Crippen molar-refractivity contribution in [2.45, 2.75) is 45.1 Å². The summed E-state index contributed by atoms with van der Waals surface area (Å²) >= 11 is 0. The number of hydrogen-bond acceptors (Lipinski definition) is 6. The Hall–Kier alpha value is -2.44. The Morgan fingerprint density at radius 1 is 1.29 bits per heavy atom. The number of esters is 2. The molecule has 0 aromatic heterocycles. The SMILES string of the molecule is CCOC(=O)C1CC1(C(=O)OC(C)(C)C)c1ccc([N+](=O)[O-])cc1. The molecule has 0 radical (unpaired) electrons. The third-order valence-electron chi connectivity index (χ3n) is 3.89. The quantitative estimate of drug-likeness (QED) is 0.466. The summed E-state index contributed by atoms with van der Waals surface area (Å²) < 4.78 is 10.5. The number of benzene rings is 1. The van der Waals surface area contributed by atoms with E-state index >= 15 is 0 Å². The normalized spacial score (nSPS) is 22.6. The predicted molar refractivity (Wildman–Crippen MR) is 85.4 cm³/mol. The maximum Gasteiger partial charge on any atom is 0.317 e. The molecule has 0 aliphatic heterocycles. The van der Waals surface area contributed by atoms with Crippen LogP contribution < -0.4 is 0 Å². The summed E-state index contributed by atoms with van der Waals surface area (Å²) in [4.78, 5) is 35.1. The largest absolute Gasteiger partial charge is 0.466 e. The number of hydrogen-bond donors (Lipinski definition) is 0. The van der Waals surface area contributed by atoms with Crippen LogP contribution >= 0.6 is 0 Å². The second-order valence-corrected chi connectivity index (χ2v) is 6.79. The topological polar surface area (TPSA) is 95.7 Å². The molecule has 0 amide bonds. The zero-order valence-electron chi connectivity index (χ0n) is 14.2. The summed E-state index contributed by atoms with van der Waals surface area (Å²) in [6, 6.07) is 5.65. The molecule has 1 aliphatic rings. The van der Waals surface area contributed by atoms with Crippen molar-refractivity contribution < 1.29 is 24.0 Å². The number of rotatable bonds is 5. The highest BCUT2D eigenvalue weighted by Gasteiger charge is 2.67. The van der Waals surface area contributed by atoms with Gasteiger partial charge >= 0.3 is 11.9 Å². The molecule has 130 valence electrons. The van der Waals surface area contributed by atoms with E-state index in [-0.39, 0.29) is 18.7 Å². The fourth-order valence-corrected chi connectivity index (χ4v) is 2.70. The van der Waals surface area contributed by atoms with E-state index in [9.17, 15) is 19.7 Å². The number of nitro groups is 1. The van der Waals surface area contributed by atoms with E-state index in [4.69, 9.17) is 9.47 Å². The van der Waals surface area contributed by atoms with E-state index in [1.807, 2.05) is 0 Å². The third-order valence-corrected chi connectivity index (χ3v) is 3.89. The van der Waals surface area contributed by atoms with Crippen molar-refractivity contribution in [3.05, 3.63) is 39.9 Å². The standard InChI is InChI=1S/C17H21NO6/c1-5-23-14(19)13-10-17(13,15(20)24-16(2,3)4)11-6-8-12(9-7-11)18(21)22/h6-9,13H,5,10H2,1-4H3. The second kappa shape index (κ2) is 6.22. The molecular formula is C17H21NO6. The van der Waals surface area contributed by atoms with Crippen LogP contribution in [0.5, 0.6) is 0 Å². The van der Waals surface area contributed by atoms with Crippen molar-refractivity contribution >= 4 is 17.6 Å². The van der Waals surface area contributed by atoms with Crippen LogP contribution in [0.25, 0.3) is 0 Å². The molecule has 7 heteroatoms. The molecule has 2 atom stereocenters. The van der Waals surface area contributed by atoms with Gasteiger partial charge in [0.05, 0.1) is 17.4 Å². The van der Waals surface area contributed by atoms with Gasteiger partial charge < -0.3 is 9.47 Å². The van der Waals surface area contributed by atoms with Crippen LogP contribution in [-0.4, -0.2) is 29.1 Å². The Balaban J connectivity index is 2.36. The fourth-order valence-electron chi connectivity index (χ4n) is 2.70. The lowest BCUT2D eigenvalue weighted by atomic mass is 9.92. The summed E-state index contributed by atoms with van der Waals surface area (Å²) in [5, 5.41) is 10.8. The van der Waals surface area contributed by atoms with Gasteiger partial charge in [-0.1, -0.05) is 12.1 Å². The molecule has 1 aliphatic carbocycles. The molecule has 1 saturated carbocycles. The summed E-state index contributed by atoms with van der Waals surface area (Å²) in [5.41, 5.74) is -1.38. The number of nitro benzene ring substituents is 1. The minimum absolute atomic E-state index is 0.0774. The number of non-ortho nitro benzene ring substituents is 1. The Kier molecular flexibility index (Phi) is 4.64. The van der Waals surface area contributed by atoms with Crippen molar-refractivity contribution in [3.8, 4) is 0 Å². The van der Waals surface area contributed by atoms with Crippen LogP contribution in [-0.2, 0) is 24.5 Å². The van der Waals surface area contributed by atoms with Gasteiger partial charge in [-0.2, -0.15) is 0 Å². The van der Waals surface area contributed by atoms with Gasteiger partial charge in [-0.3, -0.25) is 19.7 Å². The van der Waals surface area contributed by atoms with Gasteiger partial charge in [0.25, 0.3) is 5.69 Å². The molecule has 2 unspecified atom stereocenters. The summed E-state index contributed by atoms with van der Waals surface area (Å²) in [7, 11) is 0. The molecule has 1 fully saturated rings. The summed E-state index contributed by atoms with van der Waals surface area (Å²) in [6.45, 7) is 7.16. The van der Waals surface area contributed by atoms with Crippen molar-refractivity contribution in [2.75, 3.05) is 6.61 Å². The van der Waals surface area contributed by atoms with E-state index in [0.29, 0.717) is 5.56 Å². The summed E-state index contributed by atoms with van der Waals surface area (Å²) in [5.74, 6) is -1.60. The molecule has 24 heavy (non-hydrogen) atoms. The van der Waals surface area contributed by atoms with Crippen molar-refractivity contribution in [2.24, 2.45) is 5.92 Å². The maximum absolute atomic E-state index is 12.7. The number of carbonyl (C=O) groups is 2. The van der Waals surface area contributed by atoms with Crippen molar-refractivity contribution in [3.63, 3.8) is 0 Å². The molecular weight excluding hydrogens is 314 g/mol. The molecule has 0 bridgehead atoms. The van der Waals surface area contributed by atoms with E-state index in [1.54, 1.807) is 27.7 Å². The maximum atomic E-state index is 12.7. The first-order valence-electron chi connectivity index (χ1n) is 7.77. The van der Waals surface area contributed by atoms with E-state index in [2.05, 4.69) is 0 Å². The van der Waals surface area contributed by atoms with Gasteiger partial charge in [0, 0.05) is 12.1 Å². The van der Waals surface area contributed by atoms with Gasteiger partial charge in [-0.05, 0) is 39.7 Å². The number of ether oxygens (including phenoxy) is 2. The Morgan fingerprint density at radius 2 is 1.88 bits per heavy atom. The zero-order chi connectivity index (χ0) is 18.1. The van der Waals surface area contributed by atoms with Crippen molar-refractivity contribution in [1.29, 1.82) is 0 Å². The van der Waals surface area contributed by atoms with Gasteiger partial charge in [0.2, 0.25) is 0 Å².